The Labute approximate surface area is 171 Å². The second-order valence-electron chi connectivity index (χ2n) is 6.61. The number of thioether (sulfide) groups is 1. The largest absolute Gasteiger partial charge is 0.495 e. The van der Waals surface area contributed by atoms with Crippen molar-refractivity contribution in [2.75, 3.05) is 13.4 Å². The molecule has 0 fully saturated rings. The minimum Gasteiger partial charge on any atom is -0.495 e. The summed E-state index contributed by atoms with van der Waals surface area (Å²) < 4.78 is 32.8. The van der Waals surface area contributed by atoms with Crippen molar-refractivity contribution in [3.63, 3.8) is 0 Å². The molecule has 1 amide bonds. The Morgan fingerprint density at radius 3 is 2.25 bits per heavy atom. The van der Waals surface area contributed by atoms with E-state index in [1.807, 2.05) is 37.4 Å². The van der Waals surface area contributed by atoms with Gasteiger partial charge in [0.1, 0.15) is 10.6 Å². The second-order valence-corrected chi connectivity index (χ2v) is 9.17. The van der Waals surface area contributed by atoms with Crippen molar-refractivity contribution in [2.45, 2.75) is 42.6 Å². The van der Waals surface area contributed by atoms with Crippen molar-refractivity contribution >= 4 is 27.7 Å². The van der Waals surface area contributed by atoms with Gasteiger partial charge in [-0.15, -0.1) is 11.8 Å². The molecular weight excluding hydrogens is 396 g/mol. The van der Waals surface area contributed by atoms with E-state index in [9.17, 15) is 13.2 Å². The van der Waals surface area contributed by atoms with Crippen LogP contribution in [0, 0.1) is 0 Å². The molecule has 0 aliphatic carbocycles. The number of methoxy groups -OCH3 is 1. The normalized spacial score (nSPS) is 12.6. The number of sulfonamides is 1. The Morgan fingerprint density at radius 1 is 1.07 bits per heavy atom. The summed E-state index contributed by atoms with van der Waals surface area (Å²) in [5.74, 6) is -0.171. The van der Waals surface area contributed by atoms with Crippen molar-refractivity contribution in [1.29, 1.82) is 0 Å². The summed E-state index contributed by atoms with van der Waals surface area (Å²) in [7, 11) is -2.41. The van der Waals surface area contributed by atoms with E-state index in [2.05, 4.69) is 10.0 Å². The van der Waals surface area contributed by atoms with Gasteiger partial charge in [-0.05, 0) is 62.9 Å². The fraction of sp³-hybridized carbons (Fsp3) is 0.350. The lowest BCUT2D eigenvalue weighted by atomic mass is 10.1. The van der Waals surface area contributed by atoms with E-state index >= 15 is 0 Å². The summed E-state index contributed by atoms with van der Waals surface area (Å²) in [5.41, 5.74) is 1.21. The van der Waals surface area contributed by atoms with Crippen LogP contribution in [-0.4, -0.2) is 33.7 Å². The Morgan fingerprint density at radius 2 is 1.71 bits per heavy atom. The molecule has 8 heteroatoms. The first-order valence-corrected chi connectivity index (χ1v) is 11.5. The first-order valence-electron chi connectivity index (χ1n) is 8.83. The maximum atomic E-state index is 12.7. The second kappa shape index (κ2) is 9.45. The van der Waals surface area contributed by atoms with Crippen molar-refractivity contribution < 1.29 is 17.9 Å². The molecule has 0 saturated heterocycles. The van der Waals surface area contributed by atoms with E-state index in [1.165, 1.54) is 19.2 Å². The maximum Gasteiger partial charge on any atom is 0.251 e. The number of hydrogen-bond donors (Lipinski definition) is 2. The van der Waals surface area contributed by atoms with Crippen molar-refractivity contribution in [3.8, 4) is 5.75 Å². The third-order valence-electron chi connectivity index (χ3n) is 4.07. The van der Waals surface area contributed by atoms with Crippen LogP contribution in [-0.2, 0) is 10.0 Å². The number of rotatable bonds is 8. The van der Waals surface area contributed by atoms with Crippen LogP contribution in [0.5, 0.6) is 5.75 Å². The summed E-state index contributed by atoms with van der Waals surface area (Å²) in [6, 6.07) is 11.8. The molecule has 0 saturated carbocycles. The van der Waals surface area contributed by atoms with Crippen LogP contribution in [0.3, 0.4) is 0 Å². The van der Waals surface area contributed by atoms with E-state index in [0.29, 0.717) is 0 Å². The fourth-order valence-electron chi connectivity index (χ4n) is 2.66. The molecule has 2 aromatic rings. The topological polar surface area (TPSA) is 84.5 Å². The number of benzene rings is 2. The number of ether oxygens (including phenoxy) is 1. The molecule has 1 unspecified atom stereocenters. The zero-order chi connectivity index (χ0) is 20.9. The van der Waals surface area contributed by atoms with Crippen molar-refractivity contribution in [2.24, 2.45) is 0 Å². The van der Waals surface area contributed by atoms with Gasteiger partial charge in [-0.2, -0.15) is 0 Å². The van der Waals surface area contributed by atoms with Gasteiger partial charge in [-0.25, -0.2) is 13.1 Å². The standard InChI is InChI=1S/C20H26N2O4S2/c1-13(2)22-28(24,25)19-12-16(8-11-18(19)26-4)20(23)21-14(3)15-6-9-17(27-5)10-7-15/h6-14,22H,1-5H3,(H,21,23). The molecule has 0 aliphatic rings. The average Bonchev–Trinajstić information content (AvgIpc) is 2.66. The highest BCUT2D eigenvalue weighted by Gasteiger charge is 2.23. The van der Waals surface area contributed by atoms with Crippen LogP contribution in [0.15, 0.2) is 52.3 Å². The number of amides is 1. The van der Waals surface area contributed by atoms with Gasteiger partial charge >= 0.3 is 0 Å². The fourth-order valence-corrected chi connectivity index (χ4v) is 4.51. The quantitative estimate of drug-likeness (QED) is 0.635. The molecule has 0 aliphatic heterocycles. The van der Waals surface area contributed by atoms with Gasteiger partial charge in [-0.1, -0.05) is 12.1 Å². The molecule has 6 nitrogen and oxygen atoms in total. The van der Waals surface area contributed by atoms with Crippen LogP contribution in [0.25, 0.3) is 0 Å². The van der Waals surface area contributed by atoms with E-state index in [0.717, 1.165) is 10.5 Å². The molecule has 2 aromatic carbocycles. The summed E-state index contributed by atoms with van der Waals surface area (Å²) in [6.45, 7) is 5.34. The first kappa shape index (κ1) is 22.3. The summed E-state index contributed by atoms with van der Waals surface area (Å²) in [5, 5.41) is 2.91. The van der Waals surface area contributed by atoms with Crippen LogP contribution >= 0.6 is 11.8 Å². The first-order chi connectivity index (χ1) is 13.2. The van der Waals surface area contributed by atoms with Gasteiger partial charge in [0.05, 0.1) is 13.2 Å². The molecule has 2 rings (SSSR count). The van der Waals surface area contributed by atoms with Crippen LogP contribution in [0.1, 0.15) is 42.7 Å². The number of hydrogen-bond acceptors (Lipinski definition) is 5. The number of nitrogens with one attached hydrogen (secondary N) is 2. The monoisotopic (exact) mass is 422 g/mol. The van der Waals surface area contributed by atoms with Gasteiger partial charge in [0.2, 0.25) is 10.0 Å². The van der Waals surface area contributed by atoms with Gasteiger partial charge in [-0.3, -0.25) is 4.79 Å². The zero-order valence-electron chi connectivity index (χ0n) is 16.6. The van der Waals surface area contributed by atoms with Gasteiger partial charge in [0.15, 0.2) is 0 Å². The summed E-state index contributed by atoms with van der Waals surface area (Å²) >= 11 is 1.65. The van der Waals surface area contributed by atoms with Crippen LogP contribution in [0.2, 0.25) is 0 Å². The number of carbonyl (C=O) groups excluding carboxylic acids is 1. The molecule has 152 valence electrons. The van der Waals surface area contributed by atoms with E-state index in [1.54, 1.807) is 31.7 Å². The molecule has 0 heterocycles. The summed E-state index contributed by atoms with van der Waals surface area (Å²) in [6.07, 6.45) is 2.00. The summed E-state index contributed by atoms with van der Waals surface area (Å²) in [4.78, 5) is 13.8. The lowest BCUT2D eigenvalue weighted by Crippen LogP contribution is -2.31. The van der Waals surface area contributed by atoms with E-state index < -0.39 is 10.0 Å². The molecule has 0 aromatic heterocycles. The van der Waals surface area contributed by atoms with E-state index in [-0.39, 0.29) is 34.2 Å². The predicted molar refractivity (Wildman–Crippen MR) is 113 cm³/mol. The SMILES string of the molecule is COc1ccc(C(=O)NC(C)c2ccc(SC)cc2)cc1S(=O)(=O)NC(C)C. The van der Waals surface area contributed by atoms with Crippen molar-refractivity contribution in [3.05, 3.63) is 53.6 Å². The average molecular weight is 423 g/mol. The Kier molecular flexibility index (Phi) is 7.51. The Balaban J connectivity index is 2.26. The van der Waals surface area contributed by atoms with Crippen molar-refractivity contribution in [1.82, 2.24) is 10.0 Å². The molecule has 1 atom stereocenters. The molecule has 28 heavy (non-hydrogen) atoms. The van der Waals surface area contributed by atoms with E-state index in [4.69, 9.17) is 4.74 Å². The lowest BCUT2D eigenvalue weighted by Gasteiger charge is -2.17. The molecular formula is C20H26N2O4S2. The highest BCUT2D eigenvalue weighted by molar-refractivity contribution is 7.98. The molecule has 2 N–H and O–H groups in total. The third-order valence-corrected chi connectivity index (χ3v) is 6.49. The number of carbonyl (C=O) groups is 1. The predicted octanol–water partition coefficient (Wildman–Crippen LogP) is 3.59. The molecule has 0 spiro atoms. The Bertz CT molecular complexity index is 926. The molecule has 0 bridgehead atoms. The van der Waals surface area contributed by atoms with Gasteiger partial charge in [0, 0.05) is 16.5 Å². The van der Waals surface area contributed by atoms with Crippen LogP contribution in [0.4, 0.5) is 0 Å². The highest BCUT2D eigenvalue weighted by Crippen LogP contribution is 2.26. The zero-order valence-corrected chi connectivity index (χ0v) is 18.3. The van der Waals surface area contributed by atoms with Gasteiger partial charge < -0.3 is 10.1 Å². The highest BCUT2D eigenvalue weighted by atomic mass is 32.2. The minimum absolute atomic E-state index is 0.0617. The minimum atomic E-state index is -3.80. The molecule has 0 radical (unpaired) electrons. The third kappa shape index (κ3) is 5.50. The van der Waals surface area contributed by atoms with Crippen LogP contribution < -0.4 is 14.8 Å². The lowest BCUT2D eigenvalue weighted by molar-refractivity contribution is 0.0939. The van der Waals surface area contributed by atoms with Gasteiger partial charge in [0.25, 0.3) is 5.91 Å². The smallest absolute Gasteiger partial charge is 0.251 e. The Hall–Kier alpha value is -2.03. The maximum absolute atomic E-state index is 12.7.